The van der Waals surface area contributed by atoms with Gasteiger partial charge in [0.25, 0.3) is 0 Å². The molecule has 2 nitrogen and oxygen atoms in total. The van der Waals surface area contributed by atoms with Crippen molar-refractivity contribution in [2.75, 3.05) is 0 Å². The second kappa shape index (κ2) is 4.47. The normalized spacial score (nSPS) is 15.9. The molecule has 0 fully saturated rings. The first kappa shape index (κ1) is 9.66. The van der Waals surface area contributed by atoms with Crippen molar-refractivity contribution >= 4 is 17.4 Å². The third-order valence-electron chi connectivity index (χ3n) is 1.09. The summed E-state index contributed by atoms with van der Waals surface area (Å²) in [7, 11) is 0. The Morgan fingerprint density at radius 3 is 2.70 bits per heavy atom. The number of halogens is 1. The SMILES string of the molecule is C=C[C@@H](Cl)[C@H](O)CC(C)=O. The molecule has 0 rings (SSSR count). The van der Waals surface area contributed by atoms with Gasteiger partial charge in [-0.2, -0.15) is 0 Å². The molecule has 0 radical (unpaired) electrons. The van der Waals surface area contributed by atoms with Crippen LogP contribution in [0.15, 0.2) is 12.7 Å². The number of rotatable bonds is 4. The van der Waals surface area contributed by atoms with Gasteiger partial charge in [0.15, 0.2) is 0 Å². The summed E-state index contributed by atoms with van der Waals surface area (Å²) in [6.07, 6.45) is 0.715. The minimum Gasteiger partial charge on any atom is -0.391 e. The van der Waals surface area contributed by atoms with Gasteiger partial charge in [-0.15, -0.1) is 18.2 Å². The Balaban J connectivity index is 3.71. The Bertz CT molecular complexity index is 134. The summed E-state index contributed by atoms with van der Waals surface area (Å²) in [5.41, 5.74) is 0. The van der Waals surface area contributed by atoms with Gasteiger partial charge < -0.3 is 5.11 Å². The van der Waals surface area contributed by atoms with E-state index in [1.165, 1.54) is 13.0 Å². The first-order valence-corrected chi connectivity index (χ1v) is 3.45. The Labute approximate surface area is 65.5 Å². The molecule has 0 saturated carbocycles. The van der Waals surface area contributed by atoms with Crippen molar-refractivity contribution in [2.24, 2.45) is 0 Å². The molecule has 3 heteroatoms. The van der Waals surface area contributed by atoms with Crippen molar-refractivity contribution in [3.05, 3.63) is 12.7 Å². The van der Waals surface area contributed by atoms with E-state index in [9.17, 15) is 4.79 Å². The molecule has 58 valence electrons. The van der Waals surface area contributed by atoms with Crippen LogP contribution in [0.4, 0.5) is 0 Å². The molecule has 0 amide bonds. The van der Waals surface area contributed by atoms with Gasteiger partial charge in [-0.1, -0.05) is 6.08 Å². The number of ketones is 1. The second-order valence-corrected chi connectivity index (χ2v) is 2.66. The van der Waals surface area contributed by atoms with Crippen LogP contribution in [0.3, 0.4) is 0 Å². The molecule has 10 heavy (non-hydrogen) atoms. The van der Waals surface area contributed by atoms with Crippen molar-refractivity contribution in [2.45, 2.75) is 24.8 Å². The number of Topliss-reactive ketones (excluding diaryl/α,β-unsaturated/α-hetero) is 1. The van der Waals surface area contributed by atoms with Gasteiger partial charge in [-0.05, 0) is 6.92 Å². The minimum absolute atomic E-state index is 0.0694. The average molecular weight is 163 g/mol. The standard InChI is InChI=1S/C7H11ClO2/c1-3-6(8)7(10)4-5(2)9/h3,6-7,10H,1,4H2,2H3/t6-,7-/m1/s1. The highest BCUT2D eigenvalue weighted by atomic mass is 35.5. The number of hydrogen-bond acceptors (Lipinski definition) is 2. The molecule has 2 atom stereocenters. The molecule has 0 aromatic heterocycles. The van der Waals surface area contributed by atoms with Crippen LogP contribution in [-0.4, -0.2) is 22.4 Å². The number of aliphatic hydroxyl groups excluding tert-OH is 1. The molecule has 0 aliphatic rings. The lowest BCUT2D eigenvalue weighted by Crippen LogP contribution is -2.21. The van der Waals surface area contributed by atoms with E-state index >= 15 is 0 Å². The molecular formula is C7H11ClO2. The molecule has 0 bridgehead atoms. The quantitative estimate of drug-likeness (QED) is 0.497. The van der Waals surface area contributed by atoms with E-state index < -0.39 is 11.5 Å². The molecule has 0 saturated heterocycles. The summed E-state index contributed by atoms with van der Waals surface area (Å²) >= 11 is 5.54. The van der Waals surface area contributed by atoms with E-state index in [4.69, 9.17) is 16.7 Å². The Morgan fingerprint density at radius 1 is 1.90 bits per heavy atom. The largest absolute Gasteiger partial charge is 0.391 e. The maximum Gasteiger partial charge on any atom is 0.132 e. The Hall–Kier alpha value is -0.340. The van der Waals surface area contributed by atoms with Gasteiger partial charge in [0.05, 0.1) is 11.5 Å². The van der Waals surface area contributed by atoms with E-state index in [0.29, 0.717) is 0 Å². The van der Waals surface area contributed by atoms with Crippen LogP contribution < -0.4 is 0 Å². The minimum atomic E-state index is -0.795. The molecule has 0 aliphatic carbocycles. The van der Waals surface area contributed by atoms with E-state index in [1.54, 1.807) is 0 Å². The Morgan fingerprint density at radius 2 is 2.40 bits per heavy atom. The number of carbonyl (C=O) groups is 1. The molecular weight excluding hydrogens is 152 g/mol. The fraction of sp³-hybridized carbons (Fsp3) is 0.571. The highest BCUT2D eigenvalue weighted by Gasteiger charge is 2.13. The monoisotopic (exact) mass is 162 g/mol. The van der Waals surface area contributed by atoms with Crippen LogP contribution in [0.1, 0.15) is 13.3 Å². The third kappa shape index (κ3) is 3.64. The molecule has 0 spiro atoms. The molecule has 0 aromatic carbocycles. The lowest BCUT2D eigenvalue weighted by atomic mass is 10.1. The van der Waals surface area contributed by atoms with Crippen LogP contribution >= 0.6 is 11.6 Å². The number of carbonyl (C=O) groups excluding carboxylic acids is 1. The number of hydrogen-bond donors (Lipinski definition) is 1. The zero-order valence-electron chi connectivity index (χ0n) is 5.88. The summed E-state index contributed by atoms with van der Waals surface area (Å²) in [6, 6.07) is 0. The Kier molecular flexibility index (Phi) is 4.32. The predicted octanol–water partition coefficient (Wildman–Crippen LogP) is 1.12. The maximum atomic E-state index is 10.4. The fourth-order valence-corrected chi connectivity index (χ4v) is 0.653. The molecule has 1 N–H and O–H groups in total. The van der Waals surface area contributed by atoms with E-state index in [-0.39, 0.29) is 12.2 Å². The summed E-state index contributed by atoms with van der Waals surface area (Å²) in [4.78, 5) is 10.4. The van der Waals surface area contributed by atoms with Crippen molar-refractivity contribution in [1.29, 1.82) is 0 Å². The van der Waals surface area contributed by atoms with Crippen molar-refractivity contribution in [3.63, 3.8) is 0 Å². The maximum absolute atomic E-state index is 10.4. The predicted molar refractivity (Wildman–Crippen MR) is 41.1 cm³/mol. The van der Waals surface area contributed by atoms with Gasteiger partial charge in [-0.3, -0.25) is 4.79 Å². The zero-order chi connectivity index (χ0) is 8.15. The topological polar surface area (TPSA) is 37.3 Å². The summed E-state index contributed by atoms with van der Waals surface area (Å²) in [5, 5.41) is 8.54. The summed E-state index contributed by atoms with van der Waals surface area (Å²) in [5.74, 6) is -0.0694. The second-order valence-electron chi connectivity index (χ2n) is 2.15. The van der Waals surface area contributed by atoms with Gasteiger partial charge in [0.2, 0.25) is 0 Å². The lowest BCUT2D eigenvalue weighted by molar-refractivity contribution is -0.118. The fourth-order valence-electron chi connectivity index (χ4n) is 0.564. The summed E-state index contributed by atoms with van der Waals surface area (Å²) < 4.78 is 0. The molecule has 0 unspecified atom stereocenters. The van der Waals surface area contributed by atoms with Crippen LogP contribution in [0.25, 0.3) is 0 Å². The van der Waals surface area contributed by atoms with Crippen LogP contribution in [0, 0.1) is 0 Å². The van der Waals surface area contributed by atoms with E-state index in [2.05, 4.69) is 6.58 Å². The zero-order valence-corrected chi connectivity index (χ0v) is 6.64. The van der Waals surface area contributed by atoms with Crippen LogP contribution in [0.2, 0.25) is 0 Å². The number of alkyl halides is 1. The van der Waals surface area contributed by atoms with Crippen molar-refractivity contribution < 1.29 is 9.90 Å². The van der Waals surface area contributed by atoms with Crippen molar-refractivity contribution in [3.8, 4) is 0 Å². The van der Waals surface area contributed by atoms with E-state index in [1.807, 2.05) is 0 Å². The van der Waals surface area contributed by atoms with Crippen LogP contribution in [-0.2, 0) is 4.79 Å². The van der Waals surface area contributed by atoms with Crippen LogP contribution in [0.5, 0.6) is 0 Å². The van der Waals surface area contributed by atoms with E-state index in [0.717, 1.165) is 0 Å². The molecule has 0 aromatic rings. The van der Waals surface area contributed by atoms with Crippen molar-refractivity contribution in [1.82, 2.24) is 0 Å². The average Bonchev–Trinajstić information content (AvgIpc) is 1.85. The lowest BCUT2D eigenvalue weighted by Gasteiger charge is -2.10. The number of aliphatic hydroxyl groups is 1. The van der Waals surface area contributed by atoms with Gasteiger partial charge in [0, 0.05) is 6.42 Å². The highest BCUT2D eigenvalue weighted by Crippen LogP contribution is 2.07. The van der Waals surface area contributed by atoms with Gasteiger partial charge in [-0.25, -0.2) is 0 Å². The third-order valence-corrected chi connectivity index (χ3v) is 1.56. The van der Waals surface area contributed by atoms with Gasteiger partial charge >= 0.3 is 0 Å². The first-order valence-electron chi connectivity index (χ1n) is 3.02. The smallest absolute Gasteiger partial charge is 0.132 e. The molecule has 0 heterocycles. The molecule has 0 aliphatic heterocycles. The first-order chi connectivity index (χ1) is 4.57. The van der Waals surface area contributed by atoms with Gasteiger partial charge in [0.1, 0.15) is 5.78 Å². The highest BCUT2D eigenvalue weighted by molar-refractivity contribution is 6.22. The summed E-state index contributed by atoms with van der Waals surface area (Å²) in [6.45, 7) is 4.80.